The van der Waals surface area contributed by atoms with E-state index >= 15 is 0 Å². The number of methoxy groups -OCH3 is 1. The Bertz CT molecular complexity index is 522. The Morgan fingerprint density at radius 1 is 1.22 bits per heavy atom. The number of alkyl carbamates (subject to hydrolysis) is 1. The van der Waals surface area contributed by atoms with Crippen molar-refractivity contribution in [3.63, 3.8) is 0 Å². The standard InChI is InChI=1S/C16H24N2O5/c1-16(2,3)23-15(21)18-13(14(20)17-10-22-4)9-11-5-7-12(19)8-6-11/h5-8,13,19H,9-10H2,1-4H3,(H,17,20)(H,18,21)/t13-/m0/s1. The first-order chi connectivity index (χ1) is 10.7. The van der Waals surface area contributed by atoms with E-state index in [4.69, 9.17) is 9.47 Å². The Morgan fingerprint density at radius 2 is 1.83 bits per heavy atom. The van der Waals surface area contributed by atoms with Crippen molar-refractivity contribution in [2.75, 3.05) is 13.8 Å². The molecule has 7 heteroatoms. The summed E-state index contributed by atoms with van der Waals surface area (Å²) in [5, 5.41) is 14.4. The number of phenols is 1. The highest BCUT2D eigenvalue weighted by Gasteiger charge is 2.24. The number of nitrogens with one attached hydrogen (secondary N) is 2. The van der Waals surface area contributed by atoms with E-state index in [9.17, 15) is 14.7 Å². The molecular weight excluding hydrogens is 300 g/mol. The number of carbonyl (C=O) groups is 2. The summed E-state index contributed by atoms with van der Waals surface area (Å²) in [6, 6.07) is 5.59. The van der Waals surface area contributed by atoms with Gasteiger partial charge in [0.05, 0.1) is 0 Å². The van der Waals surface area contributed by atoms with Crippen molar-refractivity contribution in [3.05, 3.63) is 29.8 Å². The van der Waals surface area contributed by atoms with E-state index in [1.54, 1.807) is 32.9 Å². The first kappa shape index (κ1) is 18.8. The molecule has 1 rings (SSSR count). The topological polar surface area (TPSA) is 96.9 Å². The van der Waals surface area contributed by atoms with Crippen molar-refractivity contribution in [3.8, 4) is 5.75 Å². The Labute approximate surface area is 136 Å². The number of benzene rings is 1. The summed E-state index contributed by atoms with van der Waals surface area (Å²) >= 11 is 0. The maximum absolute atomic E-state index is 12.2. The summed E-state index contributed by atoms with van der Waals surface area (Å²) in [6.07, 6.45) is -0.413. The lowest BCUT2D eigenvalue weighted by atomic mass is 10.1. The molecule has 1 aromatic carbocycles. The minimum atomic E-state index is -0.815. The smallest absolute Gasteiger partial charge is 0.408 e. The number of carbonyl (C=O) groups excluding carboxylic acids is 2. The third kappa shape index (κ3) is 7.51. The quantitative estimate of drug-likeness (QED) is 0.690. The first-order valence-corrected chi connectivity index (χ1v) is 7.25. The Balaban J connectivity index is 2.77. The Morgan fingerprint density at radius 3 is 2.35 bits per heavy atom. The highest BCUT2D eigenvalue weighted by molar-refractivity contribution is 5.85. The van der Waals surface area contributed by atoms with E-state index in [1.165, 1.54) is 19.2 Å². The lowest BCUT2D eigenvalue weighted by Gasteiger charge is -2.23. The molecule has 128 valence electrons. The molecule has 23 heavy (non-hydrogen) atoms. The Hall–Kier alpha value is -2.28. The van der Waals surface area contributed by atoms with Crippen LogP contribution in [0, 0.1) is 0 Å². The second-order valence-corrected chi connectivity index (χ2v) is 6.04. The van der Waals surface area contributed by atoms with Crippen LogP contribution >= 0.6 is 0 Å². The zero-order valence-corrected chi connectivity index (χ0v) is 13.9. The zero-order chi connectivity index (χ0) is 17.5. The normalized spacial score (nSPS) is 12.3. The number of rotatable bonds is 6. The predicted octanol–water partition coefficient (Wildman–Crippen LogP) is 1.55. The molecule has 0 fully saturated rings. The molecule has 0 radical (unpaired) electrons. The van der Waals surface area contributed by atoms with Gasteiger partial charge >= 0.3 is 6.09 Å². The van der Waals surface area contributed by atoms with E-state index in [1.807, 2.05) is 0 Å². The zero-order valence-electron chi connectivity index (χ0n) is 13.9. The van der Waals surface area contributed by atoms with Crippen LogP contribution < -0.4 is 10.6 Å². The number of hydrogen-bond donors (Lipinski definition) is 3. The molecule has 2 amide bonds. The van der Waals surface area contributed by atoms with Gasteiger partial charge in [0.25, 0.3) is 0 Å². The molecule has 0 aliphatic carbocycles. The summed E-state index contributed by atoms with van der Waals surface area (Å²) in [7, 11) is 1.45. The lowest BCUT2D eigenvalue weighted by molar-refractivity contribution is -0.124. The number of amides is 2. The number of aromatic hydroxyl groups is 1. The molecule has 0 bridgehead atoms. The van der Waals surface area contributed by atoms with Crippen molar-refractivity contribution in [1.29, 1.82) is 0 Å². The van der Waals surface area contributed by atoms with Crippen LogP contribution in [0.3, 0.4) is 0 Å². The monoisotopic (exact) mass is 324 g/mol. The summed E-state index contributed by atoms with van der Waals surface area (Å²) in [4.78, 5) is 24.1. The largest absolute Gasteiger partial charge is 0.508 e. The van der Waals surface area contributed by atoms with Crippen molar-refractivity contribution >= 4 is 12.0 Å². The van der Waals surface area contributed by atoms with Gasteiger partial charge in [-0.05, 0) is 38.5 Å². The third-order valence-electron chi connectivity index (χ3n) is 2.77. The summed E-state index contributed by atoms with van der Waals surface area (Å²) in [6.45, 7) is 5.27. The van der Waals surface area contributed by atoms with Gasteiger partial charge in [-0.3, -0.25) is 4.79 Å². The van der Waals surface area contributed by atoms with Gasteiger partial charge in [-0.2, -0.15) is 0 Å². The summed E-state index contributed by atoms with van der Waals surface area (Å²) < 4.78 is 9.98. The van der Waals surface area contributed by atoms with Crippen LogP contribution in [-0.2, 0) is 20.7 Å². The van der Waals surface area contributed by atoms with Crippen molar-refractivity contribution in [1.82, 2.24) is 10.6 Å². The molecule has 7 nitrogen and oxygen atoms in total. The van der Waals surface area contributed by atoms with E-state index < -0.39 is 17.7 Å². The average Bonchev–Trinajstić information content (AvgIpc) is 2.44. The van der Waals surface area contributed by atoms with Gasteiger partial charge in [0.15, 0.2) is 0 Å². The lowest BCUT2D eigenvalue weighted by Crippen LogP contribution is -2.49. The van der Waals surface area contributed by atoms with Crippen LogP contribution in [0.1, 0.15) is 26.3 Å². The van der Waals surface area contributed by atoms with Crippen molar-refractivity contribution in [2.24, 2.45) is 0 Å². The maximum Gasteiger partial charge on any atom is 0.408 e. The first-order valence-electron chi connectivity index (χ1n) is 7.25. The maximum atomic E-state index is 12.2. The predicted molar refractivity (Wildman–Crippen MR) is 85.0 cm³/mol. The molecule has 0 aromatic heterocycles. The van der Waals surface area contributed by atoms with Crippen LogP contribution in [0.4, 0.5) is 4.79 Å². The van der Waals surface area contributed by atoms with E-state index in [0.29, 0.717) is 0 Å². The number of ether oxygens (including phenoxy) is 2. The second-order valence-electron chi connectivity index (χ2n) is 6.04. The molecule has 0 saturated carbocycles. The highest BCUT2D eigenvalue weighted by atomic mass is 16.6. The molecule has 0 aliphatic heterocycles. The number of hydrogen-bond acceptors (Lipinski definition) is 5. The Kier molecular flexibility index (Phi) is 6.84. The molecule has 0 spiro atoms. The van der Waals surface area contributed by atoms with Gasteiger partial charge < -0.3 is 25.2 Å². The van der Waals surface area contributed by atoms with Gasteiger partial charge in [0.1, 0.15) is 24.1 Å². The number of phenolic OH excluding ortho intramolecular Hbond substituents is 1. The van der Waals surface area contributed by atoms with Gasteiger partial charge in [-0.1, -0.05) is 12.1 Å². The molecule has 0 unspecified atom stereocenters. The molecule has 0 saturated heterocycles. The van der Waals surface area contributed by atoms with Crippen LogP contribution in [0.5, 0.6) is 5.75 Å². The second kappa shape index (κ2) is 8.38. The van der Waals surface area contributed by atoms with Crippen molar-refractivity contribution in [2.45, 2.75) is 38.8 Å². The van der Waals surface area contributed by atoms with E-state index in [0.717, 1.165) is 5.56 Å². The molecular formula is C16H24N2O5. The highest BCUT2D eigenvalue weighted by Crippen LogP contribution is 2.12. The van der Waals surface area contributed by atoms with Gasteiger partial charge in [0, 0.05) is 13.5 Å². The summed E-state index contributed by atoms with van der Waals surface area (Å²) in [5.74, 6) is -0.250. The van der Waals surface area contributed by atoms with Gasteiger partial charge in [0.2, 0.25) is 5.91 Å². The fraction of sp³-hybridized carbons (Fsp3) is 0.500. The molecule has 0 heterocycles. The molecule has 3 N–H and O–H groups in total. The molecule has 0 aliphatic rings. The van der Waals surface area contributed by atoms with E-state index in [-0.39, 0.29) is 24.8 Å². The van der Waals surface area contributed by atoms with Crippen LogP contribution in [0.15, 0.2) is 24.3 Å². The third-order valence-corrected chi connectivity index (χ3v) is 2.77. The van der Waals surface area contributed by atoms with Gasteiger partial charge in [-0.25, -0.2) is 4.79 Å². The fourth-order valence-corrected chi connectivity index (χ4v) is 1.79. The van der Waals surface area contributed by atoms with E-state index in [2.05, 4.69) is 10.6 Å². The van der Waals surface area contributed by atoms with Crippen LogP contribution in [0.2, 0.25) is 0 Å². The molecule has 1 aromatic rings. The summed E-state index contributed by atoms with van der Waals surface area (Å²) in [5.41, 5.74) is 0.132. The molecule has 1 atom stereocenters. The van der Waals surface area contributed by atoms with Crippen LogP contribution in [-0.4, -0.2) is 42.6 Å². The minimum Gasteiger partial charge on any atom is -0.508 e. The van der Waals surface area contributed by atoms with Crippen LogP contribution in [0.25, 0.3) is 0 Å². The van der Waals surface area contributed by atoms with Crippen molar-refractivity contribution < 1.29 is 24.2 Å². The average molecular weight is 324 g/mol. The van der Waals surface area contributed by atoms with Gasteiger partial charge in [-0.15, -0.1) is 0 Å². The fourth-order valence-electron chi connectivity index (χ4n) is 1.79. The minimum absolute atomic E-state index is 0.0426. The SMILES string of the molecule is COCNC(=O)[C@H](Cc1ccc(O)cc1)NC(=O)OC(C)(C)C.